The molecule has 15 aromatic rings. The summed E-state index contributed by atoms with van der Waals surface area (Å²) in [6, 6.07) is 116. The van der Waals surface area contributed by atoms with E-state index in [1.54, 1.807) is 88.3 Å². The molecule has 3 atom stereocenters. The van der Waals surface area contributed by atoms with E-state index in [2.05, 4.69) is 347 Å². The number of aryl methyl sites for hydroxylation is 9. The van der Waals surface area contributed by atoms with Gasteiger partial charge >= 0.3 is 0 Å². The van der Waals surface area contributed by atoms with E-state index in [0.717, 1.165) is 11.3 Å². The van der Waals surface area contributed by atoms with Gasteiger partial charge in [0.25, 0.3) is 0 Å². The van der Waals surface area contributed by atoms with Crippen molar-refractivity contribution in [2.75, 3.05) is 6.61 Å². The molecule has 14 aliphatic rings. The van der Waals surface area contributed by atoms with E-state index < -0.39 is 8.07 Å². The van der Waals surface area contributed by atoms with Gasteiger partial charge in [-0.05, 0) is 295 Å². The topological polar surface area (TPSA) is 26.3 Å². The molecule has 0 bridgehead atoms. The van der Waals surface area contributed by atoms with Gasteiger partial charge in [-0.25, -0.2) is 0 Å². The van der Waals surface area contributed by atoms with Crippen molar-refractivity contribution in [3.63, 3.8) is 0 Å². The largest absolute Gasteiger partial charge is 0.492 e. The number of fused-ring (bicyclic) bond motifs is 29. The molecule has 11 aliphatic carbocycles. The lowest BCUT2D eigenvalue weighted by Crippen LogP contribution is -2.56. The predicted octanol–water partition coefficient (Wildman–Crippen LogP) is 29.2. The highest BCUT2D eigenvalue weighted by Gasteiger charge is 2.56. The smallest absolute Gasteiger partial charge is 0.164 e. The summed E-state index contributed by atoms with van der Waals surface area (Å²) in [5.41, 5.74) is 54.2. The molecule has 3 heteroatoms. The van der Waals surface area contributed by atoms with Gasteiger partial charge in [0.1, 0.15) is 20.4 Å². The Kier molecular flexibility index (Phi) is 18.5. The van der Waals surface area contributed by atoms with Crippen molar-refractivity contribution in [3.05, 3.63) is 442 Å². The molecule has 3 aliphatic heterocycles. The van der Waals surface area contributed by atoms with Crippen molar-refractivity contribution in [1.29, 1.82) is 0 Å². The van der Waals surface area contributed by atoms with Crippen LogP contribution in [0.5, 0.6) is 5.75 Å². The molecule has 3 heterocycles. The van der Waals surface area contributed by atoms with Crippen LogP contribution in [0.3, 0.4) is 0 Å². The summed E-state index contributed by atoms with van der Waals surface area (Å²) in [4.78, 5) is 12.7. The summed E-state index contributed by atoms with van der Waals surface area (Å²) in [7, 11) is -1.39. The van der Waals surface area contributed by atoms with Crippen molar-refractivity contribution in [2.24, 2.45) is 0 Å². The Bertz CT molecular complexity index is 7010. The molecule has 6 spiro atoms. The lowest BCUT2D eigenvalue weighted by molar-refractivity contribution is 0.0984. The number of carbonyl (C=O) groups is 1. The molecule has 3 unspecified atom stereocenters. The minimum absolute atomic E-state index is 0.0779. The number of hydrogen-bond acceptors (Lipinski definition) is 2. The van der Waals surface area contributed by atoms with Crippen LogP contribution in [0, 0.1) is 41.5 Å². The van der Waals surface area contributed by atoms with Crippen molar-refractivity contribution >= 4 is 24.2 Å². The van der Waals surface area contributed by atoms with Crippen LogP contribution in [0.25, 0.3) is 66.8 Å². The zero-order chi connectivity index (χ0) is 86.4. The number of hydrogen-bond donors (Lipinski definition) is 0. The summed E-state index contributed by atoms with van der Waals surface area (Å²) in [5, 5.41) is 3.48. The number of benzene rings is 15. The van der Waals surface area contributed by atoms with Gasteiger partial charge in [-0.3, -0.25) is 4.79 Å². The second-order valence-electron chi connectivity index (χ2n) is 41.2. The summed E-state index contributed by atoms with van der Waals surface area (Å²) in [5.74, 6) is 1.27. The SMILES string of the molecule is Cc1cc2c3c(c1)C1(CCCC1)c1cccc(c1-3)C2(C)C.Cc1cc2c3c(c1)CC1(CCCC1)c1cccc(c1-3)CC2.Cc1ccc2c(c1)C1(CC(=O)c3ccccc31)c1ccccc1-2.Cc1ccc2c(c1)C1(CCc3ccccc31)c1ccccc1-2.Cc1ccc2c(c1)C1(COc3ccccc31)c1ccccc1-2.Cc1ccc2c(c1)[Si]1(CCCCC1)c1ccccc1-2. The predicted molar refractivity (Wildman–Crippen MR) is 533 cm³/mol. The lowest BCUT2D eigenvalue weighted by atomic mass is 9.63. The van der Waals surface area contributed by atoms with E-state index >= 15 is 0 Å². The first-order valence-electron chi connectivity index (χ1n) is 48.3. The average Bonchev–Trinajstić information content (AvgIpc) is 1.54. The van der Waals surface area contributed by atoms with Gasteiger partial charge in [0.2, 0.25) is 0 Å². The van der Waals surface area contributed by atoms with Crippen molar-refractivity contribution in [3.8, 4) is 72.5 Å². The molecule has 15 aromatic carbocycles. The molecule has 0 aromatic heterocycles. The van der Waals surface area contributed by atoms with Gasteiger partial charge in [-0.15, -0.1) is 0 Å². The molecular weight excluding hydrogens is 1560 g/mol. The van der Waals surface area contributed by atoms with Crippen LogP contribution in [0.2, 0.25) is 12.1 Å². The Hall–Kier alpha value is -12.0. The fourth-order valence-electron chi connectivity index (χ4n) is 28.4. The lowest BCUT2D eigenvalue weighted by Gasteiger charge is -2.40. The molecular formula is C125H114O2Si. The first kappa shape index (κ1) is 79.4. The average molecular weight is 1680 g/mol. The Morgan fingerprint density at radius 2 is 0.711 bits per heavy atom. The highest BCUT2D eigenvalue weighted by Crippen LogP contribution is 2.67. The highest BCUT2D eigenvalue weighted by molar-refractivity contribution is 7.05. The van der Waals surface area contributed by atoms with Crippen LogP contribution in [0.1, 0.15) is 241 Å². The molecule has 0 radical (unpaired) electrons. The summed E-state index contributed by atoms with van der Waals surface area (Å²) < 4.78 is 6.09. The monoisotopic (exact) mass is 1670 g/mol. The normalized spacial score (nSPS) is 20.6. The van der Waals surface area contributed by atoms with Crippen LogP contribution in [-0.4, -0.2) is 20.5 Å². The van der Waals surface area contributed by atoms with Crippen LogP contribution in [0.15, 0.2) is 303 Å². The molecule has 630 valence electrons. The molecule has 29 rings (SSSR count). The number of para-hydroxylation sites is 1. The Morgan fingerprint density at radius 3 is 1.38 bits per heavy atom. The molecule has 1 saturated heterocycles. The fourth-order valence-corrected chi connectivity index (χ4v) is 34.1. The first-order chi connectivity index (χ1) is 62.5. The number of ether oxygens (including phenoxy) is 1. The van der Waals surface area contributed by atoms with Crippen LogP contribution in [0.4, 0.5) is 0 Å². The van der Waals surface area contributed by atoms with Crippen LogP contribution in [-0.2, 0) is 58.2 Å². The fraction of sp³-hybridized carbons (Fsp3) is 0.272. The number of carbonyl (C=O) groups excluding carboxylic acids is 1. The standard InChI is InChI=1S/C22H16O.C22H18.C21H16O.2C21H22.C18H20Si/c1-14-10-11-16-15-6-2-4-8-18(15)22(20(16)12-14)13-21(23)17-7-3-5-9-19(17)22;1-15-10-11-18-17-7-3-5-9-20(17)22(21(18)14-15)13-12-16-6-2-4-8-19(16)22;1-14-10-11-16-15-6-2-3-7-17(15)21(19(16)12-14)13-22-20-9-5-4-8-18(20)21;1-13-11-16-19-17(12-13)21(9-4-5-10-21)15-8-6-7-14(18(15)19)20(16,2)3;1-14-11-16-8-7-15-5-4-6-18-20(15)19(16)17(12-14)13-21(18)9-2-3-10-21;1-14-9-10-16-15-7-3-4-8-17(15)19(18(16)13-14)11-5-2-6-12-19/h2-12H,13H2,1H3;2-11,14H,12-13H2,1H3;2-12H,13H2,1H3;6-8,11-12H,4-5,9-10H2,1-3H3;4-6,11-12H,2-3,7-10,13H2,1H3;3-4,7-10,13H,2,5-6,11-12H2,1H3. The minimum Gasteiger partial charge on any atom is -0.492 e. The molecule has 2 saturated carbocycles. The van der Waals surface area contributed by atoms with E-state index in [-0.39, 0.29) is 27.4 Å². The van der Waals surface area contributed by atoms with Gasteiger partial charge < -0.3 is 4.74 Å². The summed E-state index contributed by atoms with van der Waals surface area (Å²) in [6.45, 7) is 18.8. The van der Waals surface area contributed by atoms with E-state index in [9.17, 15) is 4.79 Å². The Labute approximate surface area is 759 Å². The molecule has 0 amide bonds. The number of ketones is 1. The maximum atomic E-state index is 12.7. The number of rotatable bonds is 0. The van der Waals surface area contributed by atoms with E-state index in [1.165, 1.54) is 237 Å². The van der Waals surface area contributed by atoms with E-state index in [0.29, 0.717) is 23.9 Å². The molecule has 2 nitrogen and oxygen atoms in total. The zero-order valence-corrected chi connectivity index (χ0v) is 76.8. The maximum Gasteiger partial charge on any atom is 0.164 e. The van der Waals surface area contributed by atoms with E-state index in [4.69, 9.17) is 4.74 Å². The Morgan fingerprint density at radius 1 is 0.266 bits per heavy atom. The highest BCUT2D eigenvalue weighted by atomic mass is 28.3. The third-order valence-electron chi connectivity index (χ3n) is 33.8. The van der Waals surface area contributed by atoms with Crippen molar-refractivity contribution < 1.29 is 9.53 Å². The summed E-state index contributed by atoms with van der Waals surface area (Å²) in [6.07, 6.45) is 22.1. The first-order valence-corrected chi connectivity index (χ1v) is 50.7. The van der Waals surface area contributed by atoms with E-state index in [1.807, 2.05) is 12.1 Å². The second-order valence-corrected chi connectivity index (χ2v) is 45.4. The maximum absolute atomic E-state index is 12.7. The third kappa shape index (κ3) is 11.5. The zero-order valence-electron chi connectivity index (χ0n) is 75.8. The molecule has 128 heavy (non-hydrogen) atoms. The van der Waals surface area contributed by atoms with Gasteiger partial charge in [0.05, 0.1) is 10.8 Å². The van der Waals surface area contributed by atoms with Gasteiger partial charge in [-0.1, -0.05) is 389 Å². The van der Waals surface area contributed by atoms with Crippen molar-refractivity contribution in [1.82, 2.24) is 0 Å². The molecule has 3 fully saturated rings. The van der Waals surface area contributed by atoms with Gasteiger partial charge in [-0.2, -0.15) is 0 Å². The van der Waals surface area contributed by atoms with Crippen LogP contribution >= 0.6 is 0 Å². The quantitative estimate of drug-likeness (QED) is 0.141. The molecule has 0 N–H and O–H groups in total. The van der Waals surface area contributed by atoms with Crippen LogP contribution < -0.4 is 15.1 Å². The van der Waals surface area contributed by atoms with Gasteiger partial charge in [0, 0.05) is 33.8 Å². The second kappa shape index (κ2) is 29.8. The van der Waals surface area contributed by atoms with Gasteiger partial charge in [0.15, 0.2) is 5.78 Å². The summed E-state index contributed by atoms with van der Waals surface area (Å²) >= 11 is 0. The third-order valence-corrected chi connectivity index (χ3v) is 39.1. The minimum atomic E-state index is -1.39. The Balaban J connectivity index is 0.0000000856. The number of Topliss-reactive ketones (excluding diaryl/α,β-unsaturated/α-hetero) is 1. The van der Waals surface area contributed by atoms with Crippen molar-refractivity contribution in [2.45, 2.75) is 209 Å².